The van der Waals surface area contributed by atoms with Gasteiger partial charge in [0.15, 0.2) is 0 Å². The molecule has 16 heavy (non-hydrogen) atoms. The number of phenolic OH excluding ortho intramolecular Hbond substituents is 1. The van der Waals surface area contributed by atoms with E-state index in [1.54, 1.807) is 7.05 Å². The van der Waals surface area contributed by atoms with Crippen molar-refractivity contribution in [3.63, 3.8) is 0 Å². The third kappa shape index (κ3) is 1.65. The summed E-state index contributed by atoms with van der Waals surface area (Å²) in [6.45, 7) is 0. The molecule has 2 aromatic rings. The smallest absolute Gasteiger partial charge is 0.142 e. The van der Waals surface area contributed by atoms with Crippen LogP contribution in [-0.2, 0) is 7.05 Å². The monoisotopic (exact) mass is 285 g/mol. The zero-order valence-electron chi connectivity index (χ0n) is 8.41. The number of nitrogen functional groups attached to an aromatic ring is 1. The molecule has 0 radical (unpaired) electrons. The molecule has 0 bridgehead atoms. The SMILES string of the molecule is Cn1nc(-c2c(F)ccc(Br)c2O)cc1N. The van der Waals surface area contributed by atoms with Crippen molar-refractivity contribution in [2.24, 2.45) is 7.05 Å². The van der Waals surface area contributed by atoms with Gasteiger partial charge in [0, 0.05) is 13.1 Å². The van der Waals surface area contributed by atoms with Crippen molar-refractivity contribution in [1.82, 2.24) is 9.78 Å². The molecular formula is C10H9BrFN3O. The highest BCUT2D eigenvalue weighted by atomic mass is 79.9. The molecule has 0 aliphatic rings. The summed E-state index contributed by atoms with van der Waals surface area (Å²) in [4.78, 5) is 0. The Balaban J connectivity index is 2.68. The quantitative estimate of drug-likeness (QED) is 0.845. The van der Waals surface area contributed by atoms with Gasteiger partial charge in [0.1, 0.15) is 23.1 Å². The second kappa shape index (κ2) is 3.79. The molecule has 0 aliphatic carbocycles. The van der Waals surface area contributed by atoms with Gasteiger partial charge in [-0.1, -0.05) is 0 Å². The molecule has 6 heteroatoms. The Kier molecular flexibility index (Phi) is 2.59. The van der Waals surface area contributed by atoms with Gasteiger partial charge in [0.2, 0.25) is 0 Å². The minimum Gasteiger partial charge on any atom is -0.506 e. The van der Waals surface area contributed by atoms with E-state index in [9.17, 15) is 9.50 Å². The predicted molar refractivity (Wildman–Crippen MR) is 62.4 cm³/mol. The first kappa shape index (κ1) is 10.9. The van der Waals surface area contributed by atoms with Crippen LogP contribution in [0.3, 0.4) is 0 Å². The number of nitrogens with two attached hydrogens (primary N) is 1. The number of halogens is 2. The van der Waals surface area contributed by atoms with E-state index < -0.39 is 5.82 Å². The van der Waals surface area contributed by atoms with E-state index in [-0.39, 0.29) is 11.3 Å². The molecule has 0 spiro atoms. The summed E-state index contributed by atoms with van der Waals surface area (Å²) in [5.41, 5.74) is 5.95. The van der Waals surface area contributed by atoms with E-state index >= 15 is 0 Å². The lowest BCUT2D eigenvalue weighted by molar-refractivity contribution is 0.468. The van der Waals surface area contributed by atoms with Gasteiger partial charge in [0.05, 0.1) is 10.0 Å². The number of aryl methyl sites for hydroxylation is 1. The van der Waals surface area contributed by atoms with E-state index in [1.807, 2.05) is 0 Å². The van der Waals surface area contributed by atoms with Crippen LogP contribution in [0.5, 0.6) is 5.75 Å². The van der Waals surface area contributed by atoms with Crippen molar-refractivity contribution in [1.29, 1.82) is 0 Å². The van der Waals surface area contributed by atoms with Crippen LogP contribution in [0.2, 0.25) is 0 Å². The van der Waals surface area contributed by atoms with Crippen LogP contribution in [0.1, 0.15) is 0 Å². The van der Waals surface area contributed by atoms with Crippen molar-refractivity contribution >= 4 is 21.7 Å². The molecule has 0 aliphatic heterocycles. The normalized spacial score (nSPS) is 10.7. The van der Waals surface area contributed by atoms with Crippen LogP contribution < -0.4 is 5.73 Å². The average molecular weight is 286 g/mol. The maximum absolute atomic E-state index is 13.6. The minimum atomic E-state index is -0.543. The van der Waals surface area contributed by atoms with Crippen molar-refractivity contribution in [3.8, 4) is 17.0 Å². The highest BCUT2D eigenvalue weighted by Gasteiger charge is 2.16. The average Bonchev–Trinajstić information content (AvgIpc) is 2.54. The van der Waals surface area contributed by atoms with Gasteiger partial charge in [-0.3, -0.25) is 4.68 Å². The summed E-state index contributed by atoms with van der Waals surface area (Å²) >= 11 is 3.12. The lowest BCUT2D eigenvalue weighted by Crippen LogP contribution is -1.96. The lowest BCUT2D eigenvalue weighted by atomic mass is 10.1. The molecule has 0 fully saturated rings. The molecule has 0 saturated carbocycles. The van der Waals surface area contributed by atoms with Crippen LogP contribution in [0.15, 0.2) is 22.7 Å². The fourth-order valence-electron chi connectivity index (χ4n) is 1.39. The molecule has 4 nitrogen and oxygen atoms in total. The van der Waals surface area contributed by atoms with Crippen molar-refractivity contribution in [2.75, 3.05) is 5.73 Å². The van der Waals surface area contributed by atoms with Crippen LogP contribution in [0, 0.1) is 5.82 Å². The maximum Gasteiger partial charge on any atom is 0.142 e. The third-order valence-electron chi connectivity index (χ3n) is 2.25. The number of hydrogen-bond donors (Lipinski definition) is 2. The van der Waals surface area contributed by atoms with E-state index in [2.05, 4.69) is 21.0 Å². The summed E-state index contributed by atoms with van der Waals surface area (Å²) in [6.07, 6.45) is 0. The zero-order valence-corrected chi connectivity index (χ0v) is 9.99. The number of aromatic hydroxyl groups is 1. The van der Waals surface area contributed by atoms with E-state index in [4.69, 9.17) is 5.73 Å². The summed E-state index contributed by atoms with van der Waals surface area (Å²) < 4.78 is 15.4. The number of nitrogens with zero attached hydrogens (tertiary/aromatic N) is 2. The molecule has 0 atom stereocenters. The van der Waals surface area contributed by atoms with Gasteiger partial charge in [-0.2, -0.15) is 5.10 Å². The van der Waals surface area contributed by atoms with Gasteiger partial charge in [-0.25, -0.2) is 4.39 Å². The van der Waals surface area contributed by atoms with Crippen LogP contribution in [0.25, 0.3) is 11.3 Å². The molecule has 0 saturated heterocycles. The summed E-state index contributed by atoms with van der Waals surface area (Å²) in [5, 5.41) is 13.8. The Morgan fingerprint density at radius 2 is 2.19 bits per heavy atom. The van der Waals surface area contributed by atoms with Crippen LogP contribution in [-0.4, -0.2) is 14.9 Å². The predicted octanol–water partition coefficient (Wildman–Crippen LogP) is 2.28. The summed E-state index contributed by atoms with van der Waals surface area (Å²) in [6, 6.07) is 4.19. The van der Waals surface area contributed by atoms with E-state index in [0.717, 1.165) is 0 Å². The summed E-state index contributed by atoms with van der Waals surface area (Å²) in [7, 11) is 1.64. The Morgan fingerprint density at radius 1 is 1.50 bits per heavy atom. The Hall–Kier alpha value is -1.56. The Bertz CT molecular complexity index is 534. The zero-order chi connectivity index (χ0) is 11.9. The number of anilines is 1. The molecular weight excluding hydrogens is 277 g/mol. The standard InChI is InChI=1S/C10H9BrFN3O/c1-15-8(13)4-7(14-15)9-6(12)3-2-5(11)10(9)16/h2-4,16H,13H2,1H3. The molecule has 1 heterocycles. The highest BCUT2D eigenvalue weighted by molar-refractivity contribution is 9.10. The number of rotatable bonds is 1. The van der Waals surface area contributed by atoms with Crippen LogP contribution >= 0.6 is 15.9 Å². The van der Waals surface area contributed by atoms with Crippen LogP contribution in [0.4, 0.5) is 10.2 Å². The highest BCUT2D eigenvalue weighted by Crippen LogP contribution is 2.37. The fourth-order valence-corrected chi connectivity index (χ4v) is 1.72. The molecule has 3 N–H and O–H groups in total. The van der Waals surface area contributed by atoms with Gasteiger partial charge in [-0.15, -0.1) is 0 Å². The third-order valence-corrected chi connectivity index (χ3v) is 2.89. The lowest BCUT2D eigenvalue weighted by Gasteiger charge is -2.04. The molecule has 2 rings (SSSR count). The van der Waals surface area contributed by atoms with Gasteiger partial charge in [0.25, 0.3) is 0 Å². The van der Waals surface area contributed by atoms with E-state index in [0.29, 0.717) is 16.0 Å². The molecule has 84 valence electrons. The molecule has 0 unspecified atom stereocenters. The van der Waals surface area contributed by atoms with Gasteiger partial charge < -0.3 is 10.8 Å². The Morgan fingerprint density at radius 3 is 2.75 bits per heavy atom. The maximum atomic E-state index is 13.6. The molecule has 1 aromatic heterocycles. The van der Waals surface area contributed by atoms with Gasteiger partial charge >= 0.3 is 0 Å². The first-order valence-corrected chi connectivity index (χ1v) is 5.27. The van der Waals surface area contributed by atoms with Gasteiger partial charge in [-0.05, 0) is 28.1 Å². The van der Waals surface area contributed by atoms with Crippen molar-refractivity contribution in [3.05, 3.63) is 28.5 Å². The molecule has 1 aromatic carbocycles. The number of aromatic nitrogens is 2. The second-order valence-electron chi connectivity index (χ2n) is 3.33. The summed E-state index contributed by atoms with van der Waals surface area (Å²) in [5.74, 6) is -0.328. The fraction of sp³-hybridized carbons (Fsp3) is 0.100. The largest absolute Gasteiger partial charge is 0.506 e. The first-order chi connectivity index (χ1) is 7.50. The minimum absolute atomic E-state index is 0.0432. The Labute approximate surface area is 99.6 Å². The second-order valence-corrected chi connectivity index (χ2v) is 4.19. The number of benzene rings is 1. The first-order valence-electron chi connectivity index (χ1n) is 4.47. The number of phenols is 1. The van der Waals surface area contributed by atoms with Crippen molar-refractivity contribution < 1.29 is 9.50 Å². The van der Waals surface area contributed by atoms with E-state index in [1.165, 1.54) is 22.9 Å². The topological polar surface area (TPSA) is 64.1 Å². The number of hydrogen-bond acceptors (Lipinski definition) is 3. The van der Waals surface area contributed by atoms with Crippen molar-refractivity contribution in [2.45, 2.75) is 0 Å². The molecule has 0 amide bonds.